The molecule has 4 aromatic rings. The summed E-state index contributed by atoms with van der Waals surface area (Å²) < 4.78 is 1.61. The molecule has 2 heterocycles. The number of carbonyl (C=O) groups excluding carboxylic acids is 2. The van der Waals surface area contributed by atoms with Crippen LogP contribution in [0.4, 0.5) is 11.4 Å². The van der Waals surface area contributed by atoms with E-state index in [1.807, 2.05) is 37.3 Å². The van der Waals surface area contributed by atoms with E-state index in [-0.39, 0.29) is 18.2 Å². The van der Waals surface area contributed by atoms with Crippen molar-refractivity contribution in [2.45, 2.75) is 13.3 Å². The molecule has 2 aromatic carbocycles. The zero-order valence-electron chi connectivity index (χ0n) is 16.9. The summed E-state index contributed by atoms with van der Waals surface area (Å²) in [5.74, 6) is -0.358. The van der Waals surface area contributed by atoms with Gasteiger partial charge < -0.3 is 10.6 Å². The van der Waals surface area contributed by atoms with Gasteiger partial charge in [-0.25, -0.2) is 4.68 Å². The number of nitrogens with zero attached hydrogens (tertiary/aromatic N) is 3. The number of rotatable bonds is 6. The van der Waals surface area contributed by atoms with Crippen LogP contribution < -0.4 is 10.6 Å². The summed E-state index contributed by atoms with van der Waals surface area (Å²) in [7, 11) is 0. The average molecular weight is 411 g/mol. The molecule has 2 amide bonds. The zero-order chi connectivity index (χ0) is 21.6. The Balaban J connectivity index is 1.43. The lowest BCUT2D eigenvalue weighted by atomic mass is 10.1. The predicted molar refractivity (Wildman–Crippen MR) is 119 cm³/mol. The van der Waals surface area contributed by atoms with Crippen LogP contribution >= 0.6 is 0 Å². The Hall–Kier alpha value is -4.26. The SMILES string of the molecule is Cc1cccc(CC(=O)Nc2cnn(-c3cccc(C(=O)Nc4cccnc4)c3)c2)c1. The fourth-order valence-electron chi connectivity index (χ4n) is 3.17. The highest BCUT2D eigenvalue weighted by molar-refractivity contribution is 6.04. The van der Waals surface area contributed by atoms with Gasteiger partial charge in [-0.1, -0.05) is 35.9 Å². The van der Waals surface area contributed by atoms with E-state index in [9.17, 15) is 9.59 Å². The van der Waals surface area contributed by atoms with Crippen molar-refractivity contribution in [3.05, 3.63) is 102 Å². The normalized spacial score (nSPS) is 10.5. The van der Waals surface area contributed by atoms with Gasteiger partial charge in [0.1, 0.15) is 0 Å². The number of nitrogens with one attached hydrogen (secondary N) is 2. The lowest BCUT2D eigenvalue weighted by Gasteiger charge is -2.07. The number of aryl methyl sites for hydroxylation is 1. The number of hydrogen-bond donors (Lipinski definition) is 2. The van der Waals surface area contributed by atoms with E-state index >= 15 is 0 Å². The molecule has 2 aromatic heterocycles. The molecule has 2 N–H and O–H groups in total. The number of anilines is 2. The van der Waals surface area contributed by atoms with Gasteiger partial charge in [-0.3, -0.25) is 14.6 Å². The van der Waals surface area contributed by atoms with Gasteiger partial charge in [-0.2, -0.15) is 5.10 Å². The van der Waals surface area contributed by atoms with Crippen LogP contribution in [0, 0.1) is 6.92 Å². The third-order valence-corrected chi connectivity index (χ3v) is 4.61. The van der Waals surface area contributed by atoms with Gasteiger partial charge in [0.25, 0.3) is 5.91 Å². The maximum absolute atomic E-state index is 12.5. The average Bonchev–Trinajstić information content (AvgIpc) is 3.23. The molecule has 0 aliphatic carbocycles. The van der Waals surface area contributed by atoms with E-state index in [0.717, 1.165) is 11.1 Å². The van der Waals surface area contributed by atoms with Crippen LogP contribution in [0.25, 0.3) is 5.69 Å². The van der Waals surface area contributed by atoms with Crippen molar-refractivity contribution >= 4 is 23.2 Å². The van der Waals surface area contributed by atoms with Crippen LogP contribution in [0.2, 0.25) is 0 Å². The molecule has 0 spiro atoms. The van der Waals surface area contributed by atoms with Gasteiger partial charge in [-0.05, 0) is 42.8 Å². The number of hydrogen-bond acceptors (Lipinski definition) is 4. The van der Waals surface area contributed by atoms with Gasteiger partial charge in [0.2, 0.25) is 5.91 Å². The summed E-state index contributed by atoms with van der Waals surface area (Å²) in [6, 6.07) is 18.5. The molecule has 0 radical (unpaired) electrons. The second-order valence-electron chi connectivity index (χ2n) is 7.13. The Labute approximate surface area is 179 Å². The zero-order valence-corrected chi connectivity index (χ0v) is 16.9. The molecule has 0 bridgehead atoms. The highest BCUT2D eigenvalue weighted by Gasteiger charge is 2.10. The van der Waals surface area contributed by atoms with E-state index in [0.29, 0.717) is 22.6 Å². The standard InChI is InChI=1S/C24H21N5O2/c1-17-5-2-6-18(11-17)12-23(30)27-21-15-26-29(16-21)22-9-3-7-19(13-22)24(31)28-20-8-4-10-25-14-20/h2-11,13-16H,12H2,1H3,(H,27,30)(H,28,31). The van der Waals surface area contributed by atoms with Crippen LogP contribution in [0.1, 0.15) is 21.5 Å². The van der Waals surface area contributed by atoms with Crippen LogP contribution in [0.15, 0.2) is 85.5 Å². The largest absolute Gasteiger partial charge is 0.323 e. The molecule has 7 heteroatoms. The first-order valence-corrected chi connectivity index (χ1v) is 9.79. The molecule has 154 valence electrons. The highest BCUT2D eigenvalue weighted by atomic mass is 16.2. The molecule has 7 nitrogen and oxygen atoms in total. The fraction of sp³-hybridized carbons (Fsp3) is 0.0833. The molecule has 0 saturated carbocycles. The molecule has 0 saturated heterocycles. The Morgan fingerprint density at radius 3 is 2.61 bits per heavy atom. The van der Waals surface area contributed by atoms with Crippen molar-refractivity contribution < 1.29 is 9.59 Å². The number of pyridine rings is 1. The maximum atomic E-state index is 12.5. The minimum Gasteiger partial charge on any atom is -0.323 e. The minimum absolute atomic E-state index is 0.116. The third kappa shape index (κ3) is 5.22. The number of amides is 2. The van der Waals surface area contributed by atoms with Crippen LogP contribution in [-0.4, -0.2) is 26.6 Å². The molecule has 0 unspecified atom stereocenters. The molecular formula is C24H21N5O2. The molecule has 0 aliphatic rings. The van der Waals surface area contributed by atoms with Crippen molar-refractivity contribution in [2.75, 3.05) is 10.6 Å². The third-order valence-electron chi connectivity index (χ3n) is 4.61. The Morgan fingerprint density at radius 1 is 0.935 bits per heavy atom. The first-order chi connectivity index (χ1) is 15.1. The van der Waals surface area contributed by atoms with Gasteiger partial charge >= 0.3 is 0 Å². The second-order valence-corrected chi connectivity index (χ2v) is 7.13. The topological polar surface area (TPSA) is 88.9 Å². The number of benzene rings is 2. The van der Waals surface area contributed by atoms with Crippen LogP contribution in [-0.2, 0) is 11.2 Å². The van der Waals surface area contributed by atoms with E-state index in [1.54, 1.807) is 59.8 Å². The van der Waals surface area contributed by atoms with E-state index in [1.165, 1.54) is 0 Å². The van der Waals surface area contributed by atoms with Crippen molar-refractivity contribution in [2.24, 2.45) is 0 Å². The lowest BCUT2D eigenvalue weighted by Crippen LogP contribution is -2.14. The van der Waals surface area contributed by atoms with Crippen LogP contribution in [0.3, 0.4) is 0 Å². The lowest BCUT2D eigenvalue weighted by molar-refractivity contribution is -0.115. The van der Waals surface area contributed by atoms with Crippen molar-refractivity contribution in [1.29, 1.82) is 0 Å². The van der Waals surface area contributed by atoms with Gasteiger partial charge in [0.15, 0.2) is 0 Å². The molecule has 0 aliphatic heterocycles. The monoisotopic (exact) mass is 411 g/mol. The second kappa shape index (κ2) is 9.04. The quantitative estimate of drug-likeness (QED) is 0.502. The summed E-state index contributed by atoms with van der Waals surface area (Å²) in [6.45, 7) is 2.00. The van der Waals surface area contributed by atoms with Gasteiger partial charge in [0.05, 0.1) is 42.1 Å². The predicted octanol–water partition coefficient (Wildman–Crippen LogP) is 4.01. The summed E-state index contributed by atoms with van der Waals surface area (Å²) in [5, 5.41) is 9.97. The molecule has 4 rings (SSSR count). The number of aromatic nitrogens is 3. The fourth-order valence-corrected chi connectivity index (χ4v) is 3.17. The van der Waals surface area contributed by atoms with Crippen molar-refractivity contribution in [1.82, 2.24) is 14.8 Å². The summed E-state index contributed by atoms with van der Waals surface area (Å²) in [4.78, 5) is 28.9. The summed E-state index contributed by atoms with van der Waals surface area (Å²) in [5.41, 5.74) is 4.47. The Morgan fingerprint density at radius 2 is 1.81 bits per heavy atom. The molecule has 0 fully saturated rings. The first kappa shape index (κ1) is 20.0. The summed E-state index contributed by atoms with van der Waals surface area (Å²) >= 11 is 0. The van der Waals surface area contributed by atoms with E-state index in [4.69, 9.17) is 0 Å². The smallest absolute Gasteiger partial charge is 0.255 e. The molecule has 31 heavy (non-hydrogen) atoms. The van der Waals surface area contributed by atoms with E-state index < -0.39 is 0 Å². The molecule has 0 atom stereocenters. The minimum atomic E-state index is -0.242. The van der Waals surface area contributed by atoms with Crippen molar-refractivity contribution in [3.63, 3.8) is 0 Å². The summed E-state index contributed by atoms with van der Waals surface area (Å²) in [6.07, 6.45) is 6.81. The van der Waals surface area contributed by atoms with Gasteiger partial charge in [0, 0.05) is 11.8 Å². The number of carbonyl (C=O) groups is 2. The molecular weight excluding hydrogens is 390 g/mol. The highest BCUT2D eigenvalue weighted by Crippen LogP contribution is 2.15. The first-order valence-electron chi connectivity index (χ1n) is 9.79. The van der Waals surface area contributed by atoms with E-state index in [2.05, 4.69) is 20.7 Å². The van der Waals surface area contributed by atoms with Crippen molar-refractivity contribution in [3.8, 4) is 5.69 Å². The Bertz CT molecular complexity index is 1220. The Kier molecular flexibility index (Phi) is 5.84. The van der Waals surface area contributed by atoms with Gasteiger partial charge in [-0.15, -0.1) is 0 Å². The maximum Gasteiger partial charge on any atom is 0.255 e. The van der Waals surface area contributed by atoms with Crippen LogP contribution in [0.5, 0.6) is 0 Å².